The van der Waals surface area contributed by atoms with E-state index in [1.165, 1.54) is 26.2 Å². The molecule has 0 unspecified atom stereocenters. The molecule has 0 saturated heterocycles. The number of esters is 1. The zero-order valence-electron chi connectivity index (χ0n) is 7.93. The molecule has 0 N–H and O–H groups in total. The fourth-order valence-corrected chi connectivity index (χ4v) is 1.05. The summed E-state index contributed by atoms with van der Waals surface area (Å²) in [5.74, 6) is -2.48. The fourth-order valence-electron chi connectivity index (χ4n) is 1.05. The van der Waals surface area contributed by atoms with Crippen LogP contribution in [0.3, 0.4) is 0 Å². The summed E-state index contributed by atoms with van der Waals surface area (Å²) in [4.78, 5) is 10.8. The van der Waals surface area contributed by atoms with Gasteiger partial charge < -0.3 is 4.74 Å². The second kappa shape index (κ2) is 4.17. The number of ether oxygens (including phenoxy) is 1. The first kappa shape index (κ1) is 10.6. The molecule has 0 heterocycles. The first-order valence-electron chi connectivity index (χ1n) is 4.06. The fraction of sp³-hybridized carbons (Fsp3) is 0.300. The average molecular weight is 200 g/mol. The normalized spacial score (nSPS) is 10.0. The Hall–Kier alpha value is -1.45. The monoisotopic (exact) mass is 200 g/mol. The Labute approximate surface area is 80.5 Å². The van der Waals surface area contributed by atoms with Crippen molar-refractivity contribution in [2.45, 2.75) is 13.3 Å². The number of methoxy groups -OCH3 is 1. The lowest BCUT2D eigenvalue weighted by Gasteiger charge is -2.04. The molecular weight excluding hydrogens is 190 g/mol. The number of halogens is 2. The van der Waals surface area contributed by atoms with Crippen molar-refractivity contribution in [3.05, 3.63) is 34.9 Å². The third-order valence-electron chi connectivity index (χ3n) is 1.92. The summed E-state index contributed by atoms with van der Waals surface area (Å²) >= 11 is 0. The predicted octanol–water partition coefficient (Wildman–Crippen LogP) is 1.99. The second-order valence-corrected chi connectivity index (χ2v) is 2.92. The summed E-state index contributed by atoms with van der Waals surface area (Å²) in [6, 6.07) is 2.81. The summed E-state index contributed by atoms with van der Waals surface area (Å²) in [6.07, 6.45) is -0.250. The molecule has 0 bridgehead atoms. The maximum Gasteiger partial charge on any atom is 0.310 e. The Balaban J connectivity index is 3.00. The largest absolute Gasteiger partial charge is 0.469 e. The van der Waals surface area contributed by atoms with Crippen LogP contribution in [0.5, 0.6) is 0 Å². The average Bonchev–Trinajstić information content (AvgIpc) is 2.19. The van der Waals surface area contributed by atoms with Crippen LogP contribution in [0.15, 0.2) is 12.1 Å². The molecule has 76 valence electrons. The summed E-state index contributed by atoms with van der Waals surface area (Å²) in [7, 11) is 1.20. The summed E-state index contributed by atoms with van der Waals surface area (Å²) in [5.41, 5.74) is 0.232. The molecule has 0 aliphatic rings. The Morgan fingerprint density at radius 1 is 1.36 bits per heavy atom. The van der Waals surface area contributed by atoms with Gasteiger partial charge in [-0.2, -0.15) is 0 Å². The molecule has 0 spiro atoms. The van der Waals surface area contributed by atoms with Crippen molar-refractivity contribution in [2.75, 3.05) is 7.11 Å². The number of carbonyl (C=O) groups excluding carboxylic acids is 1. The standard InChI is InChI=1S/C10H10F2O2/c1-6-3-4-7(5-8(13)14-2)10(12)9(6)11/h3-4H,5H2,1-2H3. The van der Waals surface area contributed by atoms with Gasteiger partial charge in [-0.15, -0.1) is 0 Å². The zero-order chi connectivity index (χ0) is 10.7. The second-order valence-electron chi connectivity index (χ2n) is 2.92. The first-order chi connectivity index (χ1) is 6.56. The quantitative estimate of drug-likeness (QED) is 0.682. The Bertz CT molecular complexity index is 361. The van der Waals surface area contributed by atoms with Crippen molar-refractivity contribution in [1.29, 1.82) is 0 Å². The molecular formula is C10H10F2O2. The summed E-state index contributed by atoms with van der Waals surface area (Å²) < 4.78 is 30.5. The molecule has 0 amide bonds. The first-order valence-corrected chi connectivity index (χ1v) is 4.06. The molecule has 2 nitrogen and oxygen atoms in total. The highest BCUT2D eigenvalue weighted by molar-refractivity contribution is 5.72. The minimum Gasteiger partial charge on any atom is -0.469 e. The van der Waals surface area contributed by atoms with E-state index in [1.807, 2.05) is 0 Å². The molecule has 1 rings (SSSR count). The highest BCUT2D eigenvalue weighted by Gasteiger charge is 2.13. The van der Waals surface area contributed by atoms with E-state index in [2.05, 4.69) is 4.74 Å². The highest BCUT2D eigenvalue weighted by Crippen LogP contribution is 2.16. The van der Waals surface area contributed by atoms with Crippen molar-refractivity contribution in [2.24, 2.45) is 0 Å². The number of benzene rings is 1. The predicted molar refractivity (Wildman–Crippen MR) is 46.8 cm³/mol. The van der Waals surface area contributed by atoms with Crippen molar-refractivity contribution in [1.82, 2.24) is 0 Å². The van der Waals surface area contributed by atoms with Gasteiger partial charge in [-0.05, 0) is 12.5 Å². The maximum absolute atomic E-state index is 13.2. The number of rotatable bonds is 2. The van der Waals surface area contributed by atoms with Gasteiger partial charge in [0, 0.05) is 5.56 Å². The van der Waals surface area contributed by atoms with E-state index in [9.17, 15) is 13.6 Å². The van der Waals surface area contributed by atoms with Crippen molar-refractivity contribution in [3.8, 4) is 0 Å². The zero-order valence-corrected chi connectivity index (χ0v) is 7.93. The van der Waals surface area contributed by atoms with E-state index >= 15 is 0 Å². The van der Waals surface area contributed by atoms with Gasteiger partial charge in [0.2, 0.25) is 0 Å². The van der Waals surface area contributed by atoms with Crippen LogP contribution in [0, 0.1) is 18.6 Å². The van der Waals surface area contributed by atoms with Gasteiger partial charge in [0.05, 0.1) is 13.5 Å². The van der Waals surface area contributed by atoms with Gasteiger partial charge in [0.15, 0.2) is 11.6 Å². The molecule has 1 aromatic carbocycles. The van der Waals surface area contributed by atoms with Crippen LogP contribution in [0.25, 0.3) is 0 Å². The lowest BCUT2D eigenvalue weighted by molar-refractivity contribution is -0.139. The van der Waals surface area contributed by atoms with Gasteiger partial charge in [-0.1, -0.05) is 12.1 Å². The lowest BCUT2D eigenvalue weighted by atomic mass is 10.1. The van der Waals surface area contributed by atoms with Crippen LogP contribution < -0.4 is 0 Å². The molecule has 0 saturated carbocycles. The van der Waals surface area contributed by atoms with Crippen molar-refractivity contribution >= 4 is 5.97 Å². The number of aryl methyl sites for hydroxylation is 1. The molecule has 0 aliphatic heterocycles. The third-order valence-corrected chi connectivity index (χ3v) is 1.92. The van der Waals surface area contributed by atoms with Crippen molar-refractivity contribution < 1.29 is 18.3 Å². The molecule has 0 aliphatic carbocycles. The maximum atomic E-state index is 13.2. The van der Waals surface area contributed by atoms with Crippen molar-refractivity contribution in [3.63, 3.8) is 0 Å². The van der Waals surface area contributed by atoms with E-state index in [0.29, 0.717) is 0 Å². The minimum absolute atomic E-state index is 0.0138. The smallest absolute Gasteiger partial charge is 0.310 e. The minimum atomic E-state index is -0.976. The Morgan fingerprint density at radius 2 is 2.00 bits per heavy atom. The van der Waals surface area contributed by atoms with Gasteiger partial charge in [0.25, 0.3) is 0 Å². The topological polar surface area (TPSA) is 26.3 Å². The van der Waals surface area contributed by atoms with Crippen LogP contribution in [0.1, 0.15) is 11.1 Å². The van der Waals surface area contributed by atoms with Crippen LogP contribution in [-0.2, 0) is 16.0 Å². The molecule has 14 heavy (non-hydrogen) atoms. The molecule has 0 aromatic heterocycles. The van der Waals surface area contributed by atoms with E-state index < -0.39 is 17.6 Å². The van der Waals surface area contributed by atoms with Gasteiger partial charge in [-0.3, -0.25) is 4.79 Å². The van der Waals surface area contributed by atoms with Crippen LogP contribution in [0.2, 0.25) is 0 Å². The molecule has 1 aromatic rings. The van der Waals surface area contributed by atoms with Gasteiger partial charge in [0.1, 0.15) is 0 Å². The number of hydrogen-bond acceptors (Lipinski definition) is 2. The van der Waals surface area contributed by atoms with Gasteiger partial charge >= 0.3 is 5.97 Å². The van der Waals surface area contributed by atoms with E-state index in [0.717, 1.165) is 0 Å². The Kier molecular flexibility index (Phi) is 3.17. The highest BCUT2D eigenvalue weighted by atomic mass is 19.2. The van der Waals surface area contributed by atoms with E-state index in [4.69, 9.17) is 0 Å². The molecule has 0 radical (unpaired) electrons. The molecule has 0 atom stereocenters. The Morgan fingerprint density at radius 3 is 2.57 bits per heavy atom. The number of carbonyl (C=O) groups is 1. The van der Waals surface area contributed by atoms with Gasteiger partial charge in [-0.25, -0.2) is 8.78 Å². The van der Waals surface area contributed by atoms with Crippen LogP contribution in [-0.4, -0.2) is 13.1 Å². The van der Waals surface area contributed by atoms with Crippen LogP contribution in [0.4, 0.5) is 8.78 Å². The summed E-state index contributed by atoms with van der Waals surface area (Å²) in [5, 5.41) is 0. The number of hydrogen-bond donors (Lipinski definition) is 0. The van der Waals surface area contributed by atoms with E-state index in [1.54, 1.807) is 0 Å². The third kappa shape index (κ3) is 2.07. The molecule has 4 heteroatoms. The summed E-state index contributed by atoms with van der Waals surface area (Å²) in [6.45, 7) is 1.46. The lowest BCUT2D eigenvalue weighted by Crippen LogP contribution is -2.07. The SMILES string of the molecule is COC(=O)Cc1ccc(C)c(F)c1F. The van der Waals surface area contributed by atoms with Crippen LogP contribution >= 0.6 is 0 Å². The van der Waals surface area contributed by atoms with E-state index in [-0.39, 0.29) is 17.5 Å². The molecule has 0 fully saturated rings.